The van der Waals surface area contributed by atoms with Crippen molar-refractivity contribution >= 4 is 16.2 Å². The van der Waals surface area contributed by atoms with Gasteiger partial charge in [0.1, 0.15) is 5.60 Å². The van der Waals surface area contributed by atoms with E-state index in [1.54, 1.807) is 29.2 Å². The number of rotatable bonds is 6. The Labute approximate surface area is 175 Å². The van der Waals surface area contributed by atoms with Gasteiger partial charge in [0.15, 0.2) is 0 Å². The minimum Gasteiger partial charge on any atom is -0.443 e. The van der Waals surface area contributed by atoms with E-state index in [4.69, 9.17) is 8.92 Å². The van der Waals surface area contributed by atoms with Crippen LogP contribution in [0.3, 0.4) is 0 Å². The van der Waals surface area contributed by atoms with Gasteiger partial charge in [-0.3, -0.25) is 4.18 Å². The van der Waals surface area contributed by atoms with Gasteiger partial charge in [-0.05, 0) is 63.5 Å². The minimum atomic E-state index is -3.75. The molecule has 0 aliphatic carbocycles. The summed E-state index contributed by atoms with van der Waals surface area (Å²) >= 11 is 0. The number of likely N-dealkylation sites (tertiary alicyclic amines) is 1. The molecular weight excluding hydrogens is 390 g/mol. The van der Waals surface area contributed by atoms with Gasteiger partial charge in [0, 0.05) is 13.1 Å². The fourth-order valence-corrected chi connectivity index (χ4v) is 4.83. The molecule has 1 saturated heterocycles. The molecule has 0 N–H and O–H groups in total. The second-order valence-corrected chi connectivity index (χ2v) is 11.5. The van der Waals surface area contributed by atoms with Crippen molar-refractivity contribution in [3.8, 4) is 0 Å². The number of piperidine rings is 1. The molecule has 1 amide bonds. The van der Waals surface area contributed by atoms with E-state index in [2.05, 4.69) is 20.8 Å². The quantitative estimate of drug-likeness (QED) is 0.614. The van der Waals surface area contributed by atoms with E-state index in [-0.39, 0.29) is 28.9 Å². The average molecular weight is 426 g/mol. The fourth-order valence-electron chi connectivity index (χ4n) is 3.86. The van der Waals surface area contributed by atoms with Gasteiger partial charge < -0.3 is 9.64 Å². The van der Waals surface area contributed by atoms with Crippen molar-refractivity contribution in [2.45, 2.75) is 71.3 Å². The standard InChI is InChI=1S/C22H35NO5S/c1-17-7-9-19(10-8-17)29(25,26)27-15-18-11-13-23(14-12-18)20(24)28-22(5,6)16-21(2,3)4/h7-10,18H,11-16H2,1-6H3. The van der Waals surface area contributed by atoms with Crippen LogP contribution in [0.2, 0.25) is 0 Å². The van der Waals surface area contributed by atoms with E-state index in [9.17, 15) is 13.2 Å². The smallest absolute Gasteiger partial charge is 0.410 e. The van der Waals surface area contributed by atoms with Crippen LogP contribution in [0.1, 0.15) is 59.4 Å². The molecule has 29 heavy (non-hydrogen) atoms. The number of aryl methyl sites for hydroxylation is 1. The summed E-state index contributed by atoms with van der Waals surface area (Å²) in [6.45, 7) is 13.4. The van der Waals surface area contributed by atoms with Crippen LogP contribution in [0.15, 0.2) is 29.2 Å². The van der Waals surface area contributed by atoms with Crippen molar-refractivity contribution in [3.63, 3.8) is 0 Å². The molecule has 0 atom stereocenters. The van der Waals surface area contributed by atoms with E-state index in [0.717, 1.165) is 12.0 Å². The Morgan fingerprint density at radius 3 is 2.14 bits per heavy atom. The molecule has 7 heteroatoms. The summed E-state index contributed by atoms with van der Waals surface area (Å²) in [5.41, 5.74) is 0.531. The number of ether oxygens (including phenoxy) is 1. The molecule has 164 valence electrons. The van der Waals surface area contributed by atoms with Crippen LogP contribution in [-0.2, 0) is 19.0 Å². The van der Waals surface area contributed by atoms with Gasteiger partial charge in [0.2, 0.25) is 0 Å². The topological polar surface area (TPSA) is 72.9 Å². The molecule has 1 aliphatic rings. The Balaban J connectivity index is 1.81. The van der Waals surface area contributed by atoms with E-state index >= 15 is 0 Å². The SMILES string of the molecule is Cc1ccc(S(=O)(=O)OCC2CCN(C(=O)OC(C)(C)CC(C)(C)C)CC2)cc1. The van der Waals surface area contributed by atoms with E-state index in [1.165, 1.54) is 0 Å². The van der Waals surface area contributed by atoms with Crippen molar-refractivity contribution in [1.29, 1.82) is 0 Å². The summed E-state index contributed by atoms with van der Waals surface area (Å²) in [4.78, 5) is 14.4. The molecule has 2 rings (SSSR count). The van der Waals surface area contributed by atoms with Gasteiger partial charge in [-0.15, -0.1) is 0 Å². The van der Waals surface area contributed by atoms with Crippen LogP contribution in [0.25, 0.3) is 0 Å². The summed E-state index contributed by atoms with van der Waals surface area (Å²) in [7, 11) is -3.75. The summed E-state index contributed by atoms with van der Waals surface area (Å²) in [6, 6.07) is 6.62. The van der Waals surface area contributed by atoms with Crippen molar-refractivity contribution in [2.24, 2.45) is 11.3 Å². The summed E-state index contributed by atoms with van der Waals surface area (Å²) in [5.74, 6) is 0.0989. The Morgan fingerprint density at radius 2 is 1.62 bits per heavy atom. The fraction of sp³-hybridized carbons (Fsp3) is 0.682. The Morgan fingerprint density at radius 1 is 1.07 bits per heavy atom. The van der Waals surface area contributed by atoms with E-state index in [1.807, 2.05) is 20.8 Å². The van der Waals surface area contributed by atoms with Gasteiger partial charge >= 0.3 is 6.09 Å². The highest BCUT2D eigenvalue weighted by molar-refractivity contribution is 7.86. The normalized spacial score (nSPS) is 16.7. The zero-order valence-corrected chi connectivity index (χ0v) is 19.3. The van der Waals surface area contributed by atoms with Crippen LogP contribution >= 0.6 is 0 Å². The van der Waals surface area contributed by atoms with Crippen molar-refractivity contribution in [3.05, 3.63) is 29.8 Å². The van der Waals surface area contributed by atoms with E-state index in [0.29, 0.717) is 25.9 Å². The van der Waals surface area contributed by atoms with Crippen molar-refractivity contribution < 1.29 is 22.1 Å². The van der Waals surface area contributed by atoms with Crippen LogP contribution in [0, 0.1) is 18.3 Å². The zero-order valence-electron chi connectivity index (χ0n) is 18.5. The lowest BCUT2D eigenvalue weighted by molar-refractivity contribution is -0.0149. The van der Waals surface area contributed by atoms with Gasteiger partial charge in [0.25, 0.3) is 10.1 Å². The molecule has 0 bridgehead atoms. The lowest BCUT2D eigenvalue weighted by Crippen LogP contribution is -2.44. The second kappa shape index (κ2) is 9.04. The number of hydrogen-bond donors (Lipinski definition) is 0. The lowest BCUT2D eigenvalue weighted by Gasteiger charge is -2.36. The number of carbonyl (C=O) groups is 1. The summed E-state index contributed by atoms with van der Waals surface area (Å²) in [5, 5.41) is 0. The number of amides is 1. The number of benzene rings is 1. The highest BCUT2D eigenvalue weighted by Gasteiger charge is 2.32. The first kappa shape index (κ1) is 23.7. The van der Waals surface area contributed by atoms with Crippen LogP contribution in [0.4, 0.5) is 4.79 Å². The average Bonchev–Trinajstić information content (AvgIpc) is 2.58. The van der Waals surface area contributed by atoms with Gasteiger partial charge in [-0.25, -0.2) is 4.79 Å². The zero-order chi connectivity index (χ0) is 21.9. The molecular formula is C22H35NO5S. The maximum Gasteiger partial charge on any atom is 0.410 e. The first-order valence-corrected chi connectivity index (χ1v) is 11.6. The van der Waals surface area contributed by atoms with Crippen molar-refractivity contribution in [2.75, 3.05) is 19.7 Å². The number of hydrogen-bond acceptors (Lipinski definition) is 5. The molecule has 1 aromatic carbocycles. The predicted molar refractivity (Wildman–Crippen MR) is 113 cm³/mol. The maximum absolute atomic E-state index is 12.5. The van der Waals surface area contributed by atoms with Crippen LogP contribution in [0.5, 0.6) is 0 Å². The second-order valence-electron chi connectivity index (χ2n) is 9.85. The van der Waals surface area contributed by atoms with Gasteiger partial charge in [-0.2, -0.15) is 8.42 Å². The van der Waals surface area contributed by atoms with Crippen molar-refractivity contribution in [1.82, 2.24) is 4.90 Å². The molecule has 0 aromatic heterocycles. The maximum atomic E-state index is 12.5. The van der Waals surface area contributed by atoms with Crippen LogP contribution in [-0.4, -0.2) is 44.7 Å². The monoisotopic (exact) mass is 425 g/mol. The molecule has 1 aromatic rings. The van der Waals surface area contributed by atoms with Crippen LogP contribution < -0.4 is 0 Å². The van der Waals surface area contributed by atoms with E-state index < -0.39 is 15.7 Å². The third-order valence-electron chi connectivity index (χ3n) is 4.96. The van der Waals surface area contributed by atoms with Gasteiger partial charge in [-0.1, -0.05) is 38.5 Å². The van der Waals surface area contributed by atoms with Gasteiger partial charge in [0.05, 0.1) is 11.5 Å². The first-order valence-electron chi connectivity index (χ1n) is 10.2. The Hall–Kier alpha value is -1.60. The Kier molecular flexibility index (Phi) is 7.38. The molecule has 1 aliphatic heterocycles. The number of carbonyl (C=O) groups excluding carboxylic acids is 1. The minimum absolute atomic E-state index is 0.0665. The molecule has 6 nitrogen and oxygen atoms in total. The third kappa shape index (κ3) is 7.63. The molecule has 1 fully saturated rings. The molecule has 0 radical (unpaired) electrons. The highest BCUT2D eigenvalue weighted by atomic mass is 32.2. The first-order chi connectivity index (χ1) is 13.3. The lowest BCUT2D eigenvalue weighted by atomic mass is 9.84. The molecule has 0 unspecified atom stereocenters. The summed E-state index contributed by atoms with van der Waals surface area (Å²) in [6.07, 6.45) is 1.86. The molecule has 1 heterocycles. The third-order valence-corrected chi connectivity index (χ3v) is 6.26. The Bertz CT molecular complexity index is 785. The predicted octanol–water partition coefficient (Wildman–Crippen LogP) is 4.76. The highest BCUT2D eigenvalue weighted by Crippen LogP contribution is 2.30. The summed E-state index contributed by atoms with van der Waals surface area (Å²) < 4.78 is 35.6. The molecule has 0 saturated carbocycles. The molecule has 0 spiro atoms. The largest absolute Gasteiger partial charge is 0.443 e. The number of nitrogens with zero attached hydrogens (tertiary/aromatic N) is 1.